The lowest BCUT2D eigenvalue weighted by Gasteiger charge is -2.28. The molecule has 2 aromatic rings. The van der Waals surface area contributed by atoms with E-state index in [9.17, 15) is 9.59 Å². The molecule has 1 aliphatic rings. The van der Waals surface area contributed by atoms with E-state index < -0.39 is 0 Å². The lowest BCUT2D eigenvalue weighted by atomic mass is 9.97. The number of aromatic nitrogens is 2. The number of rotatable bonds is 3. The van der Waals surface area contributed by atoms with Gasteiger partial charge < -0.3 is 10.2 Å². The predicted molar refractivity (Wildman–Crippen MR) is 94.6 cm³/mol. The van der Waals surface area contributed by atoms with E-state index in [1.165, 1.54) is 0 Å². The summed E-state index contributed by atoms with van der Waals surface area (Å²) < 4.78 is 3.36. The number of benzene rings is 1. The van der Waals surface area contributed by atoms with Crippen LogP contribution in [-0.2, 0) is 11.8 Å². The van der Waals surface area contributed by atoms with Gasteiger partial charge in [0, 0.05) is 13.6 Å². The molecule has 3 rings (SSSR count). The molecular formula is C18H24N4O2. The highest BCUT2D eigenvalue weighted by Crippen LogP contribution is 2.19. The van der Waals surface area contributed by atoms with Gasteiger partial charge in [0.25, 0.3) is 5.56 Å². The van der Waals surface area contributed by atoms with Crippen LogP contribution < -0.4 is 10.9 Å². The molecule has 1 N–H and O–H groups in total. The number of likely N-dealkylation sites (tertiary alicyclic amines) is 1. The van der Waals surface area contributed by atoms with Crippen molar-refractivity contribution in [1.29, 1.82) is 0 Å². The molecule has 1 amide bonds. The minimum Gasteiger partial charge on any atom is -0.320 e. The Balaban J connectivity index is 1.89. The van der Waals surface area contributed by atoms with Crippen LogP contribution in [0, 0.1) is 12.8 Å². The van der Waals surface area contributed by atoms with Crippen LogP contribution in [0.4, 0.5) is 5.69 Å². The molecule has 128 valence electrons. The van der Waals surface area contributed by atoms with Gasteiger partial charge >= 0.3 is 0 Å². The van der Waals surface area contributed by atoms with Crippen LogP contribution in [0.25, 0.3) is 5.69 Å². The highest BCUT2D eigenvalue weighted by Gasteiger charge is 2.26. The smallest absolute Gasteiger partial charge is 0.295 e. The molecule has 0 radical (unpaired) electrons. The molecule has 1 aromatic heterocycles. The van der Waals surface area contributed by atoms with Crippen LogP contribution >= 0.6 is 0 Å². The molecule has 24 heavy (non-hydrogen) atoms. The van der Waals surface area contributed by atoms with Gasteiger partial charge in [0.1, 0.15) is 5.69 Å². The average molecular weight is 328 g/mol. The number of amides is 1. The Kier molecular flexibility index (Phi) is 4.57. The number of hydrogen-bond donors (Lipinski definition) is 1. The molecule has 0 bridgehead atoms. The third kappa shape index (κ3) is 3.01. The second-order valence-electron chi connectivity index (χ2n) is 6.53. The van der Waals surface area contributed by atoms with Gasteiger partial charge in [0.15, 0.2) is 0 Å². The van der Waals surface area contributed by atoms with E-state index in [2.05, 4.69) is 10.2 Å². The largest absolute Gasteiger partial charge is 0.320 e. The molecule has 0 spiro atoms. The molecule has 1 unspecified atom stereocenters. The molecule has 1 atom stereocenters. The summed E-state index contributed by atoms with van der Waals surface area (Å²) in [7, 11) is 3.85. The van der Waals surface area contributed by atoms with Gasteiger partial charge in [0.05, 0.1) is 17.3 Å². The Bertz CT molecular complexity index is 791. The van der Waals surface area contributed by atoms with Crippen molar-refractivity contribution >= 4 is 11.6 Å². The summed E-state index contributed by atoms with van der Waals surface area (Å²) in [5, 5.41) is 2.88. The van der Waals surface area contributed by atoms with Crippen LogP contribution in [0.15, 0.2) is 35.1 Å². The average Bonchev–Trinajstić information content (AvgIpc) is 2.79. The van der Waals surface area contributed by atoms with Crippen LogP contribution in [0.3, 0.4) is 0 Å². The quantitative estimate of drug-likeness (QED) is 0.934. The summed E-state index contributed by atoms with van der Waals surface area (Å²) >= 11 is 0. The Morgan fingerprint density at radius 2 is 1.92 bits per heavy atom. The third-order valence-corrected chi connectivity index (χ3v) is 4.80. The van der Waals surface area contributed by atoms with Crippen molar-refractivity contribution in [3.63, 3.8) is 0 Å². The van der Waals surface area contributed by atoms with Gasteiger partial charge in [-0.2, -0.15) is 0 Å². The number of anilines is 1. The number of para-hydroxylation sites is 1. The van der Waals surface area contributed by atoms with Gasteiger partial charge in [-0.15, -0.1) is 0 Å². The van der Waals surface area contributed by atoms with E-state index in [0.717, 1.165) is 37.3 Å². The van der Waals surface area contributed by atoms with E-state index in [0.29, 0.717) is 5.69 Å². The van der Waals surface area contributed by atoms with Crippen LogP contribution in [-0.4, -0.2) is 40.3 Å². The molecule has 6 heteroatoms. The van der Waals surface area contributed by atoms with E-state index >= 15 is 0 Å². The maximum Gasteiger partial charge on any atom is 0.295 e. The molecule has 0 saturated carbocycles. The zero-order chi connectivity index (χ0) is 17.3. The fraction of sp³-hybridized carbons (Fsp3) is 0.444. The minimum atomic E-state index is -0.196. The van der Waals surface area contributed by atoms with E-state index in [-0.39, 0.29) is 17.4 Å². The summed E-state index contributed by atoms with van der Waals surface area (Å²) in [4.78, 5) is 27.6. The van der Waals surface area contributed by atoms with Gasteiger partial charge in [-0.1, -0.05) is 18.2 Å². The fourth-order valence-electron chi connectivity index (χ4n) is 3.32. The number of piperidine rings is 1. The van der Waals surface area contributed by atoms with Crippen molar-refractivity contribution in [2.75, 3.05) is 25.5 Å². The number of carbonyl (C=O) groups is 1. The highest BCUT2D eigenvalue weighted by atomic mass is 16.2. The van der Waals surface area contributed by atoms with Gasteiger partial charge in [-0.05, 0) is 45.5 Å². The first-order chi connectivity index (χ1) is 11.5. The summed E-state index contributed by atoms with van der Waals surface area (Å²) in [5.74, 6) is -0.125. The molecular weight excluding hydrogens is 304 g/mol. The Labute approximate surface area is 141 Å². The summed E-state index contributed by atoms with van der Waals surface area (Å²) in [6.07, 6.45) is 1.88. The molecule has 0 aliphatic carbocycles. The van der Waals surface area contributed by atoms with Gasteiger partial charge in [-0.3, -0.25) is 14.3 Å². The fourth-order valence-corrected chi connectivity index (χ4v) is 3.32. The van der Waals surface area contributed by atoms with E-state index in [4.69, 9.17) is 0 Å². The Morgan fingerprint density at radius 1 is 1.21 bits per heavy atom. The first-order valence-electron chi connectivity index (χ1n) is 8.32. The molecule has 1 aromatic carbocycles. The molecule has 6 nitrogen and oxygen atoms in total. The molecule has 1 aliphatic heterocycles. The molecule has 1 saturated heterocycles. The lowest BCUT2D eigenvalue weighted by molar-refractivity contribution is -0.121. The zero-order valence-corrected chi connectivity index (χ0v) is 14.5. The van der Waals surface area contributed by atoms with Crippen LogP contribution in [0.2, 0.25) is 0 Å². The number of hydrogen-bond acceptors (Lipinski definition) is 3. The summed E-state index contributed by atoms with van der Waals surface area (Å²) in [6, 6.07) is 9.44. The lowest BCUT2D eigenvalue weighted by Crippen LogP contribution is -2.39. The Hall–Kier alpha value is -2.34. The monoisotopic (exact) mass is 328 g/mol. The predicted octanol–water partition coefficient (Wildman–Crippen LogP) is 1.76. The SMILES string of the molecule is Cc1c(NC(=O)C2CCCN(C)C2)c(=O)n(-c2ccccc2)n1C. The highest BCUT2D eigenvalue weighted by molar-refractivity contribution is 5.93. The van der Waals surface area contributed by atoms with E-state index in [1.54, 1.807) is 9.36 Å². The van der Waals surface area contributed by atoms with Crippen molar-refractivity contribution in [2.45, 2.75) is 19.8 Å². The van der Waals surface area contributed by atoms with Crippen molar-refractivity contribution in [2.24, 2.45) is 13.0 Å². The maximum atomic E-state index is 12.8. The molecule has 2 heterocycles. The summed E-state index contributed by atoms with van der Waals surface area (Å²) in [6.45, 7) is 3.61. The van der Waals surface area contributed by atoms with Crippen LogP contribution in [0.1, 0.15) is 18.5 Å². The van der Waals surface area contributed by atoms with Crippen molar-refractivity contribution in [3.8, 4) is 5.69 Å². The first kappa shape index (κ1) is 16.5. The second-order valence-corrected chi connectivity index (χ2v) is 6.53. The van der Waals surface area contributed by atoms with E-state index in [1.807, 2.05) is 51.4 Å². The topological polar surface area (TPSA) is 59.3 Å². The van der Waals surface area contributed by atoms with Crippen molar-refractivity contribution in [1.82, 2.24) is 14.3 Å². The standard InChI is InChI=1S/C18H24N4O2/c1-13-16(19-17(23)14-8-7-11-20(2)12-14)18(24)22(21(13)3)15-9-5-4-6-10-15/h4-6,9-10,14H,7-8,11-12H2,1-3H3,(H,19,23). The van der Waals surface area contributed by atoms with Gasteiger partial charge in [-0.25, -0.2) is 4.68 Å². The number of nitrogens with one attached hydrogen (secondary N) is 1. The minimum absolute atomic E-state index is 0.0621. The normalized spacial score (nSPS) is 18.5. The Morgan fingerprint density at radius 3 is 2.58 bits per heavy atom. The zero-order valence-electron chi connectivity index (χ0n) is 14.5. The van der Waals surface area contributed by atoms with Crippen molar-refractivity contribution < 1.29 is 4.79 Å². The third-order valence-electron chi connectivity index (χ3n) is 4.80. The van der Waals surface area contributed by atoms with Gasteiger partial charge in [0.2, 0.25) is 5.91 Å². The maximum absolute atomic E-state index is 12.8. The molecule has 1 fully saturated rings. The summed E-state index contributed by atoms with van der Waals surface area (Å²) in [5.41, 5.74) is 1.71. The van der Waals surface area contributed by atoms with Crippen molar-refractivity contribution in [3.05, 3.63) is 46.4 Å². The first-order valence-corrected chi connectivity index (χ1v) is 8.32. The second kappa shape index (κ2) is 6.65. The number of nitrogens with zero attached hydrogens (tertiary/aromatic N) is 3. The van der Waals surface area contributed by atoms with Crippen LogP contribution in [0.5, 0.6) is 0 Å². The number of carbonyl (C=O) groups excluding carboxylic acids is 1.